The maximum Gasteiger partial charge on any atom is 0.308 e. The summed E-state index contributed by atoms with van der Waals surface area (Å²) in [5.41, 5.74) is 2.44. The molecule has 2 aromatic rings. The Kier molecular flexibility index (Phi) is 3.24. The van der Waals surface area contributed by atoms with Crippen LogP contribution in [0.4, 0.5) is 0 Å². The van der Waals surface area contributed by atoms with Crippen LogP contribution in [0.15, 0.2) is 24.3 Å². The highest BCUT2D eigenvalue weighted by Gasteiger charge is 2.09. The smallest absolute Gasteiger partial charge is 0.308 e. The maximum atomic E-state index is 11.1. The van der Waals surface area contributed by atoms with Gasteiger partial charge in [-0.25, -0.2) is 0 Å². The fourth-order valence-electron chi connectivity index (χ4n) is 1.93. The molecule has 18 heavy (non-hydrogen) atoms. The normalized spacial score (nSPS) is 10.4. The van der Waals surface area contributed by atoms with E-state index >= 15 is 0 Å². The topological polar surface area (TPSA) is 35.5 Å². The van der Waals surface area contributed by atoms with Crippen LogP contribution >= 0.6 is 0 Å². The number of hydrogen-bond donors (Lipinski definition) is 0. The van der Waals surface area contributed by atoms with Crippen LogP contribution in [0, 0.1) is 13.8 Å². The molecule has 2 rings (SSSR count). The van der Waals surface area contributed by atoms with Crippen molar-refractivity contribution in [1.82, 2.24) is 0 Å². The Balaban J connectivity index is 2.65. The van der Waals surface area contributed by atoms with Crippen LogP contribution in [0.1, 0.15) is 18.1 Å². The van der Waals surface area contributed by atoms with Crippen molar-refractivity contribution >= 4 is 16.7 Å². The molecule has 2 aromatic carbocycles. The molecular formula is C15H16O3. The van der Waals surface area contributed by atoms with Crippen molar-refractivity contribution in [3.05, 3.63) is 35.4 Å². The minimum atomic E-state index is -0.350. The van der Waals surface area contributed by atoms with Crippen LogP contribution in [0.25, 0.3) is 10.8 Å². The molecule has 0 fully saturated rings. The number of hydrogen-bond acceptors (Lipinski definition) is 3. The van der Waals surface area contributed by atoms with E-state index in [0.29, 0.717) is 11.5 Å². The molecule has 0 amide bonds. The SMILES string of the molecule is COc1cc2cc(C)c(C)cc2cc1OC(C)=O. The van der Waals surface area contributed by atoms with E-state index in [9.17, 15) is 4.79 Å². The number of benzene rings is 2. The van der Waals surface area contributed by atoms with Crippen molar-refractivity contribution in [2.45, 2.75) is 20.8 Å². The number of carbonyl (C=O) groups is 1. The molecule has 0 aliphatic heterocycles. The number of aryl methyl sites for hydroxylation is 2. The summed E-state index contributed by atoms with van der Waals surface area (Å²) in [5.74, 6) is 0.679. The molecular weight excluding hydrogens is 228 g/mol. The standard InChI is InChI=1S/C15H16O3/c1-9-5-12-7-14(17-4)15(18-11(3)16)8-13(12)6-10(9)2/h5-8H,1-4H3. The molecule has 0 radical (unpaired) electrons. The predicted molar refractivity (Wildman–Crippen MR) is 71.3 cm³/mol. The van der Waals surface area contributed by atoms with E-state index in [2.05, 4.69) is 26.0 Å². The first-order valence-corrected chi connectivity index (χ1v) is 5.78. The number of carbonyl (C=O) groups excluding carboxylic acids is 1. The van der Waals surface area contributed by atoms with Gasteiger partial charge in [-0.3, -0.25) is 4.79 Å². The van der Waals surface area contributed by atoms with Crippen LogP contribution in [-0.4, -0.2) is 13.1 Å². The van der Waals surface area contributed by atoms with E-state index in [1.165, 1.54) is 18.1 Å². The molecule has 94 valence electrons. The highest BCUT2D eigenvalue weighted by atomic mass is 16.6. The highest BCUT2D eigenvalue weighted by molar-refractivity contribution is 5.88. The Labute approximate surface area is 106 Å². The van der Waals surface area contributed by atoms with Gasteiger partial charge in [0.25, 0.3) is 0 Å². The molecule has 0 bridgehead atoms. The Bertz CT molecular complexity index is 615. The van der Waals surface area contributed by atoms with Gasteiger partial charge < -0.3 is 9.47 Å². The number of rotatable bonds is 2. The minimum Gasteiger partial charge on any atom is -0.493 e. The summed E-state index contributed by atoms with van der Waals surface area (Å²) >= 11 is 0. The lowest BCUT2D eigenvalue weighted by atomic mass is 10.0. The van der Waals surface area contributed by atoms with Crippen molar-refractivity contribution < 1.29 is 14.3 Å². The lowest BCUT2D eigenvalue weighted by molar-refractivity contribution is -0.131. The van der Waals surface area contributed by atoms with Crippen molar-refractivity contribution in [2.24, 2.45) is 0 Å². The highest BCUT2D eigenvalue weighted by Crippen LogP contribution is 2.33. The van der Waals surface area contributed by atoms with Crippen LogP contribution < -0.4 is 9.47 Å². The molecule has 0 saturated carbocycles. The Morgan fingerprint density at radius 2 is 1.44 bits per heavy atom. The average Bonchev–Trinajstić information content (AvgIpc) is 2.30. The molecule has 0 unspecified atom stereocenters. The van der Waals surface area contributed by atoms with E-state index in [-0.39, 0.29) is 5.97 Å². The van der Waals surface area contributed by atoms with Gasteiger partial charge in [0.15, 0.2) is 11.5 Å². The third-order valence-corrected chi connectivity index (χ3v) is 2.99. The van der Waals surface area contributed by atoms with Crippen molar-refractivity contribution in [3.63, 3.8) is 0 Å². The van der Waals surface area contributed by atoms with Gasteiger partial charge in [0, 0.05) is 6.92 Å². The zero-order chi connectivity index (χ0) is 13.3. The first-order chi connectivity index (χ1) is 8.51. The summed E-state index contributed by atoms with van der Waals surface area (Å²) in [7, 11) is 1.56. The summed E-state index contributed by atoms with van der Waals surface area (Å²) in [5, 5.41) is 2.11. The van der Waals surface area contributed by atoms with Gasteiger partial charge in [-0.15, -0.1) is 0 Å². The molecule has 0 aliphatic rings. The molecule has 3 heteroatoms. The maximum absolute atomic E-state index is 11.1. The third kappa shape index (κ3) is 2.30. The molecule has 0 N–H and O–H groups in total. The summed E-state index contributed by atoms with van der Waals surface area (Å²) < 4.78 is 10.4. The minimum absolute atomic E-state index is 0.350. The van der Waals surface area contributed by atoms with Gasteiger partial charge >= 0.3 is 5.97 Å². The van der Waals surface area contributed by atoms with Gasteiger partial charge in [0.05, 0.1) is 7.11 Å². The van der Waals surface area contributed by atoms with E-state index in [4.69, 9.17) is 9.47 Å². The van der Waals surface area contributed by atoms with E-state index in [1.807, 2.05) is 12.1 Å². The number of methoxy groups -OCH3 is 1. The van der Waals surface area contributed by atoms with Crippen LogP contribution in [0.2, 0.25) is 0 Å². The summed E-state index contributed by atoms with van der Waals surface area (Å²) in [6.45, 7) is 5.51. The van der Waals surface area contributed by atoms with Gasteiger partial charge in [-0.2, -0.15) is 0 Å². The zero-order valence-electron chi connectivity index (χ0n) is 11.0. The first kappa shape index (κ1) is 12.4. The molecule has 0 heterocycles. The van der Waals surface area contributed by atoms with Crippen molar-refractivity contribution in [2.75, 3.05) is 7.11 Å². The molecule has 0 atom stereocenters. The molecule has 0 aliphatic carbocycles. The van der Waals surface area contributed by atoms with E-state index in [0.717, 1.165) is 10.8 Å². The number of fused-ring (bicyclic) bond motifs is 1. The summed E-state index contributed by atoms with van der Waals surface area (Å²) in [6, 6.07) is 7.91. The van der Waals surface area contributed by atoms with Gasteiger partial charge in [-0.1, -0.05) is 12.1 Å². The summed E-state index contributed by atoms with van der Waals surface area (Å²) in [4.78, 5) is 11.1. The van der Waals surface area contributed by atoms with Gasteiger partial charge in [0.1, 0.15) is 0 Å². The largest absolute Gasteiger partial charge is 0.493 e. The average molecular weight is 244 g/mol. The monoisotopic (exact) mass is 244 g/mol. The molecule has 3 nitrogen and oxygen atoms in total. The molecule has 0 saturated heterocycles. The van der Waals surface area contributed by atoms with Gasteiger partial charge in [0.2, 0.25) is 0 Å². The second kappa shape index (κ2) is 4.69. The van der Waals surface area contributed by atoms with Crippen LogP contribution in [0.3, 0.4) is 0 Å². The Morgan fingerprint density at radius 3 is 1.89 bits per heavy atom. The number of ether oxygens (including phenoxy) is 2. The van der Waals surface area contributed by atoms with Gasteiger partial charge in [-0.05, 0) is 47.9 Å². The van der Waals surface area contributed by atoms with Crippen LogP contribution in [0.5, 0.6) is 11.5 Å². The lowest BCUT2D eigenvalue weighted by Gasteiger charge is -2.11. The Hall–Kier alpha value is -2.03. The second-order valence-corrected chi connectivity index (χ2v) is 4.38. The fraction of sp³-hybridized carbons (Fsp3) is 0.267. The number of esters is 1. The van der Waals surface area contributed by atoms with Crippen molar-refractivity contribution in [1.29, 1.82) is 0 Å². The second-order valence-electron chi connectivity index (χ2n) is 4.38. The predicted octanol–water partition coefficient (Wildman–Crippen LogP) is 3.39. The fourth-order valence-corrected chi connectivity index (χ4v) is 1.93. The van der Waals surface area contributed by atoms with Crippen LogP contribution in [-0.2, 0) is 4.79 Å². The summed E-state index contributed by atoms with van der Waals surface area (Å²) in [6.07, 6.45) is 0. The Morgan fingerprint density at radius 1 is 0.944 bits per heavy atom. The van der Waals surface area contributed by atoms with E-state index < -0.39 is 0 Å². The van der Waals surface area contributed by atoms with E-state index in [1.54, 1.807) is 7.11 Å². The third-order valence-electron chi connectivity index (χ3n) is 2.99. The molecule has 0 aromatic heterocycles. The lowest BCUT2D eigenvalue weighted by Crippen LogP contribution is -2.03. The molecule has 0 spiro atoms. The zero-order valence-corrected chi connectivity index (χ0v) is 11.0. The van der Waals surface area contributed by atoms with Crippen molar-refractivity contribution in [3.8, 4) is 11.5 Å². The first-order valence-electron chi connectivity index (χ1n) is 5.78. The quantitative estimate of drug-likeness (QED) is 0.600.